The summed E-state index contributed by atoms with van der Waals surface area (Å²) in [6.07, 6.45) is 8.32. The van der Waals surface area contributed by atoms with Crippen LogP contribution in [-0.2, 0) is 0 Å². The van der Waals surface area contributed by atoms with Gasteiger partial charge in [0.25, 0.3) is 0 Å². The zero-order chi connectivity index (χ0) is 23.5. The minimum atomic E-state index is -1.57. The second kappa shape index (κ2) is 7.31. The summed E-state index contributed by atoms with van der Waals surface area (Å²) < 4.78 is 44.2. The molecule has 2 aliphatic rings. The van der Waals surface area contributed by atoms with Gasteiger partial charge in [0.05, 0.1) is 16.6 Å². The Morgan fingerprint density at radius 2 is 1.97 bits per heavy atom. The van der Waals surface area contributed by atoms with Crippen molar-refractivity contribution in [2.24, 2.45) is 11.7 Å². The van der Waals surface area contributed by atoms with E-state index >= 15 is 4.39 Å². The summed E-state index contributed by atoms with van der Waals surface area (Å²) in [5, 5.41) is 9.09. The zero-order valence-electron chi connectivity index (χ0n) is 17.0. The molecule has 5 rings (SSSR count). The lowest BCUT2D eigenvalue weighted by atomic mass is 9.85. The summed E-state index contributed by atoms with van der Waals surface area (Å²) in [4.78, 5) is 30.3. The molecule has 0 radical (unpaired) electrons. The quantitative estimate of drug-likeness (QED) is 0.631. The van der Waals surface area contributed by atoms with Crippen LogP contribution in [0.3, 0.4) is 0 Å². The molecule has 3 heterocycles. The Kier molecular flexibility index (Phi) is 4.64. The predicted octanol–water partition coefficient (Wildman–Crippen LogP) is 2.76. The van der Waals surface area contributed by atoms with Crippen molar-refractivity contribution in [3.8, 4) is 5.69 Å². The van der Waals surface area contributed by atoms with E-state index in [4.69, 9.17) is 5.73 Å². The highest BCUT2D eigenvalue weighted by atomic mass is 19.1. The molecular formula is C23H17F3N4O3. The SMILES string of the molecule is NC12C=CC=CC1CN(c1nc3c(cc1F)c(=O)c(C(=O)O)cn3-c1ccc(F)cc1F)C2. The molecule has 33 heavy (non-hydrogen) atoms. The van der Waals surface area contributed by atoms with Crippen LogP contribution in [-0.4, -0.2) is 39.3 Å². The van der Waals surface area contributed by atoms with Crippen molar-refractivity contribution in [2.75, 3.05) is 18.0 Å². The number of rotatable bonds is 3. The van der Waals surface area contributed by atoms with E-state index < -0.39 is 40.0 Å². The number of fused-ring (bicyclic) bond motifs is 2. The molecule has 1 aromatic carbocycles. The Morgan fingerprint density at radius 3 is 2.67 bits per heavy atom. The zero-order valence-corrected chi connectivity index (χ0v) is 17.0. The monoisotopic (exact) mass is 454 g/mol. The van der Waals surface area contributed by atoms with Crippen LogP contribution in [0.15, 0.2) is 59.6 Å². The molecule has 0 spiro atoms. The first-order valence-corrected chi connectivity index (χ1v) is 10.0. The van der Waals surface area contributed by atoms with Crippen molar-refractivity contribution in [1.82, 2.24) is 9.55 Å². The molecule has 3 N–H and O–H groups in total. The molecule has 1 aliphatic carbocycles. The molecule has 1 saturated heterocycles. The van der Waals surface area contributed by atoms with E-state index in [-0.39, 0.29) is 35.0 Å². The third-order valence-electron chi connectivity index (χ3n) is 6.05. The average Bonchev–Trinajstić information content (AvgIpc) is 3.11. The first-order chi connectivity index (χ1) is 15.7. The Hall–Kier alpha value is -3.92. The van der Waals surface area contributed by atoms with Crippen molar-refractivity contribution in [2.45, 2.75) is 5.54 Å². The number of anilines is 1. The number of aromatic carboxylic acids is 1. The van der Waals surface area contributed by atoms with Crippen molar-refractivity contribution in [3.63, 3.8) is 0 Å². The van der Waals surface area contributed by atoms with E-state index in [1.165, 1.54) is 0 Å². The predicted molar refractivity (Wildman–Crippen MR) is 115 cm³/mol. The van der Waals surface area contributed by atoms with Crippen LogP contribution in [0.5, 0.6) is 0 Å². The third kappa shape index (κ3) is 3.30. The van der Waals surface area contributed by atoms with E-state index in [9.17, 15) is 23.5 Å². The summed E-state index contributed by atoms with van der Waals surface area (Å²) in [6, 6.07) is 3.57. The van der Waals surface area contributed by atoms with Gasteiger partial charge in [-0.05, 0) is 18.2 Å². The lowest BCUT2D eigenvalue weighted by Gasteiger charge is -2.26. The van der Waals surface area contributed by atoms with Gasteiger partial charge in [0.15, 0.2) is 17.3 Å². The minimum Gasteiger partial charge on any atom is -0.477 e. The summed E-state index contributed by atoms with van der Waals surface area (Å²) in [5.74, 6) is -4.47. The highest BCUT2D eigenvalue weighted by molar-refractivity contribution is 5.92. The number of nitrogens with zero attached hydrogens (tertiary/aromatic N) is 3. The van der Waals surface area contributed by atoms with Gasteiger partial charge in [-0.3, -0.25) is 9.36 Å². The highest BCUT2D eigenvalue weighted by Gasteiger charge is 2.42. The van der Waals surface area contributed by atoms with Crippen LogP contribution in [0.25, 0.3) is 16.7 Å². The molecule has 10 heteroatoms. The van der Waals surface area contributed by atoms with Crippen LogP contribution in [0.1, 0.15) is 10.4 Å². The van der Waals surface area contributed by atoms with E-state index in [1.807, 2.05) is 24.3 Å². The third-order valence-corrected chi connectivity index (χ3v) is 6.05. The van der Waals surface area contributed by atoms with Crippen LogP contribution < -0.4 is 16.1 Å². The smallest absolute Gasteiger partial charge is 0.341 e. The number of aromatic nitrogens is 2. The van der Waals surface area contributed by atoms with Crippen LogP contribution in [0, 0.1) is 23.4 Å². The van der Waals surface area contributed by atoms with Gasteiger partial charge in [-0.2, -0.15) is 0 Å². The standard InChI is InChI=1S/C23H17F3N4O3/c24-13-4-5-18(16(25)7-13)30-10-15(22(32)33)19(31)14-8-17(26)21(28-20(14)30)29-9-12-3-1-2-6-23(12,27)11-29/h1-8,10,12H,9,11,27H2,(H,32,33). The average molecular weight is 454 g/mol. The van der Waals surface area contributed by atoms with Gasteiger partial charge >= 0.3 is 5.97 Å². The number of nitrogens with two attached hydrogens (primary N) is 1. The fraction of sp³-hybridized carbons (Fsp3) is 0.174. The minimum absolute atomic E-state index is 0.0921. The number of pyridine rings is 2. The van der Waals surface area contributed by atoms with Crippen LogP contribution >= 0.6 is 0 Å². The van der Waals surface area contributed by atoms with Gasteiger partial charge in [-0.1, -0.05) is 24.3 Å². The molecule has 3 aromatic rings. The van der Waals surface area contributed by atoms with Gasteiger partial charge in [0.1, 0.15) is 17.2 Å². The fourth-order valence-electron chi connectivity index (χ4n) is 4.38. The molecule has 2 aromatic heterocycles. The van der Waals surface area contributed by atoms with Gasteiger partial charge in [0.2, 0.25) is 5.43 Å². The molecule has 0 saturated carbocycles. The lowest BCUT2D eigenvalue weighted by Crippen LogP contribution is -2.46. The molecule has 2 atom stereocenters. The van der Waals surface area contributed by atoms with E-state index in [2.05, 4.69) is 4.98 Å². The lowest BCUT2D eigenvalue weighted by molar-refractivity contribution is 0.0695. The maximum atomic E-state index is 15.2. The molecule has 0 amide bonds. The number of hydrogen-bond acceptors (Lipinski definition) is 5. The summed E-state index contributed by atoms with van der Waals surface area (Å²) >= 11 is 0. The van der Waals surface area contributed by atoms with Crippen molar-refractivity contribution < 1.29 is 23.1 Å². The normalized spacial score (nSPS) is 21.6. The molecule has 168 valence electrons. The molecular weight excluding hydrogens is 437 g/mol. The number of carboxylic acid groups (broad SMARTS) is 1. The number of hydrogen-bond donors (Lipinski definition) is 2. The number of allylic oxidation sites excluding steroid dienone is 2. The molecule has 0 bridgehead atoms. The number of halogens is 3. The fourth-order valence-corrected chi connectivity index (χ4v) is 4.38. The second-order valence-electron chi connectivity index (χ2n) is 8.15. The molecule has 7 nitrogen and oxygen atoms in total. The van der Waals surface area contributed by atoms with Crippen molar-refractivity contribution in [3.05, 3.63) is 88.0 Å². The van der Waals surface area contributed by atoms with Crippen molar-refractivity contribution in [1.29, 1.82) is 0 Å². The van der Waals surface area contributed by atoms with Crippen molar-refractivity contribution >= 4 is 22.8 Å². The Labute approximate surface area is 184 Å². The topological polar surface area (TPSA) is 101 Å². The van der Waals surface area contributed by atoms with E-state index in [0.29, 0.717) is 12.6 Å². The molecule has 1 aliphatic heterocycles. The van der Waals surface area contributed by atoms with Gasteiger partial charge in [0, 0.05) is 31.3 Å². The van der Waals surface area contributed by atoms with E-state index in [1.54, 1.807) is 4.90 Å². The second-order valence-corrected chi connectivity index (χ2v) is 8.15. The first-order valence-electron chi connectivity index (χ1n) is 10.0. The van der Waals surface area contributed by atoms with Gasteiger partial charge in [-0.15, -0.1) is 0 Å². The summed E-state index contributed by atoms with van der Waals surface area (Å²) in [7, 11) is 0. The number of carbonyl (C=O) groups is 1. The maximum absolute atomic E-state index is 15.2. The van der Waals surface area contributed by atoms with Crippen LogP contribution in [0.2, 0.25) is 0 Å². The first kappa shape index (κ1) is 21.0. The molecule has 1 fully saturated rings. The largest absolute Gasteiger partial charge is 0.477 e. The Morgan fingerprint density at radius 1 is 1.18 bits per heavy atom. The van der Waals surface area contributed by atoms with E-state index in [0.717, 1.165) is 29.0 Å². The summed E-state index contributed by atoms with van der Waals surface area (Å²) in [5.41, 5.74) is 3.64. The highest BCUT2D eigenvalue weighted by Crippen LogP contribution is 2.35. The van der Waals surface area contributed by atoms with Gasteiger partial charge < -0.3 is 15.7 Å². The molecule has 2 unspecified atom stereocenters. The maximum Gasteiger partial charge on any atom is 0.341 e. The Balaban J connectivity index is 1.75. The van der Waals surface area contributed by atoms with Crippen LogP contribution in [0.4, 0.5) is 19.0 Å². The number of carboxylic acids is 1. The Bertz CT molecular complexity index is 1450. The van der Waals surface area contributed by atoms with Gasteiger partial charge in [-0.25, -0.2) is 22.9 Å². The summed E-state index contributed by atoms with van der Waals surface area (Å²) in [6.45, 7) is 0.603. The number of benzene rings is 1.